The molecule has 0 spiro atoms. The number of benzene rings is 1. The summed E-state index contributed by atoms with van der Waals surface area (Å²) in [5.74, 6) is 0. The largest absolute Gasteiger partial charge is 0.298 e. The zero-order valence-corrected chi connectivity index (χ0v) is 12.2. The fourth-order valence-corrected chi connectivity index (χ4v) is 3.71. The highest BCUT2D eigenvalue weighted by molar-refractivity contribution is 7.94. The number of aromatic nitrogens is 1. The molecule has 0 amide bonds. The average molecular weight is 317 g/mol. The van der Waals surface area contributed by atoms with E-state index in [1.165, 1.54) is 24.4 Å². The number of alkyl halides is 1. The van der Waals surface area contributed by atoms with E-state index >= 15 is 0 Å². The molecule has 1 unspecified atom stereocenters. The third-order valence-electron chi connectivity index (χ3n) is 3.43. The number of hydrogen-bond acceptors (Lipinski definition) is 3. The van der Waals surface area contributed by atoms with Crippen LogP contribution in [0.1, 0.15) is 0 Å². The lowest BCUT2D eigenvalue weighted by Gasteiger charge is -2.09. The monoisotopic (exact) mass is 317 g/mol. The number of halogens is 1. The van der Waals surface area contributed by atoms with Crippen molar-refractivity contribution < 1.29 is 17.6 Å². The topological polar surface area (TPSA) is 56.1 Å². The van der Waals surface area contributed by atoms with E-state index in [0.717, 1.165) is 15.4 Å². The van der Waals surface area contributed by atoms with E-state index in [4.69, 9.17) is 0 Å². The number of carbonyl (C=O) groups is 1. The van der Waals surface area contributed by atoms with Crippen molar-refractivity contribution in [2.24, 2.45) is 0 Å². The highest BCUT2D eigenvalue weighted by atomic mass is 32.2. The molecule has 1 aliphatic carbocycles. The van der Waals surface area contributed by atoms with Gasteiger partial charge in [0.15, 0.2) is 0 Å². The van der Waals surface area contributed by atoms with E-state index in [0.29, 0.717) is 11.8 Å². The van der Waals surface area contributed by atoms with Gasteiger partial charge in [-0.2, -0.15) is 0 Å². The summed E-state index contributed by atoms with van der Waals surface area (Å²) in [6, 6.07) is 8.69. The van der Waals surface area contributed by atoms with Crippen molar-refractivity contribution in [3.8, 4) is 0 Å². The molecule has 0 aliphatic heterocycles. The van der Waals surface area contributed by atoms with E-state index in [1.807, 2.05) is 6.07 Å². The second-order valence-electron chi connectivity index (χ2n) is 4.79. The summed E-state index contributed by atoms with van der Waals surface area (Å²) >= 11 is 0. The summed E-state index contributed by atoms with van der Waals surface area (Å²) < 4.78 is 40.5. The molecule has 22 heavy (non-hydrogen) atoms. The molecular formula is C16H12FNO3S. The Labute approximate surface area is 126 Å². The first-order valence-corrected chi connectivity index (χ1v) is 7.99. The SMILES string of the molecule is O=CC1=CC=CC(S(=O)(=O)n2ccc3ccccc32)=CC1F. The fourth-order valence-electron chi connectivity index (χ4n) is 2.30. The number of allylic oxidation sites excluding steroid dienone is 5. The molecule has 0 radical (unpaired) electrons. The summed E-state index contributed by atoms with van der Waals surface area (Å²) in [6.45, 7) is 0. The van der Waals surface area contributed by atoms with Crippen LogP contribution in [-0.4, -0.2) is 24.8 Å². The zero-order valence-electron chi connectivity index (χ0n) is 11.4. The number of fused-ring (bicyclic) bond motifs is 1. The van der Waals surface area contributed by atoms with Crippen molar-refractivity contribution in [3.63, 3.8) is 0 Å². The first-order chi connectivity index (χ1) is 10.5. The highest BCUT2D eigenvalue weighted by Gasteiger charge is 2.23. The molecule has 1 heterocycles. The van der Waals surface area contributed by atoms with Crippen LogP contribution in [0.25, 0.3) is 10.9 Å². The molecule has 112 valence electrons. The van der Waals surface area contributed by atoms with Crippen molar-refractivity contribution in [1.82, 2.24) is 3.97 Å². The van der Waals surface area contributed by atoms with E-state index < -0.39 is 16.2 Å². The minimum atomic E-state index is -3.93. The lowest BCUT2D eigenvalue weighted by atomic mass is 10.2. The molecule has 3 rings (SSSR count). The van der Waals surface area contributed by atoms with Gasteiger partial charge in [0.05, 0.1) is 10.4 Å². The predicted molar refractivity (Wildman–Crippen MR) is 82.5 cm³/mol. The van der Waals surface area contributed by atoms with E-state index in [2.05, 4.69) is 0 Å². The van der Waals surface area contributed by atoms with Crippen LogP contribution in [0.3, 0.4) is 0 Å². The molecule has 6 heteroatoms. The Morgan fingerprint density at radius 1 is 1.18 bits per heavy atom. The Balaban J connectivity index is 2.13. The van der Waals surface area contributed by atoms with Gasteiger partial charge in [-0.15, -0.1) is 0 Å². The number of carbonyl (C=O) groups excluding carboxylic acids is 1. The number of para-hydroxylation sites is 1. The second kappa shape index (κ2) is 5.38. The highest BCUT2D eigenvalue weighted by Crippen LogP contribution is 2.24. The summed E-state index contributed by atoms with van der Waals surface area (Å²) in [7, 11) is -3.93. The van der Waals surface area contributed by atoms with Crippen LogP contribution in [0.2, 0.25) is 0 Å². The normalized spacial score (nSPS) is 18.7. The van der Waals surface area contributed by atoms with Crippen molar-refractivity contribution in [3.05, 3.63) is 71.3 Å². The molecule has 1 atom stereocenters. The molecule has 0 fully saturated rings. The third-order valence-corrected chi connectivity index (χ3v) is 5.14. The van der Waals surface area contributed by atoms with Crippen LogP contribution >= 0.6 is 0 Å². The fraction of sp³-hybridized carbons (Fsp3) is 0.0625. The molecular weight excluding hydrogens is 305 g/mol. The van der Waals surface area contributed by atoms with E-state index in [1.54, 1.807) is 24.3 Å². The van der Waals surface area contributed by atoms with Gasteiger partial charge in [0.2, 0.25) is 0 Å². The molecule has 1 aromatic carbocycles. The van der Waals surface area contributed by atoms with Crippen molar-refractivity contribution >= 4 is 27.2 Å². The summed E-state index contributed by atoms with van der Waals surface area (Å²) in [5.41, 5.74) is 0.402. The minimum absolute atomic E-state index is 0.112. The molecule has 0 bridgehead atoms. The summed E-state index contributed by atoms with van der Waals surface area (Å²) in [5, 5.41) is 0.771. The van der Waals surface area contributed by atoms with Gasteiger partial charge in [-0.1, -0.05) is 30.4 Å². The lowest BCUT2D eigenvalue weighted by molar-refractivity contribution is -0.105. The van der Waals surface area contributed by atoms with Crippen LogP contribution in [-0.2, 0) is 14.8 Å². The summed E-state index contributed by atoms with van der Waals surface area (Å²) in [6.07, 6.45) is 4.91. The van der Waals surface area contributed by atoms with Gasteiger partial charge >= 0.3 is 0 Å². The Morgan fingerprint density at radius 2 is 1.95 bits per heavy atom. The van der Waals surface area contributed by atoms with Gasteiger partial charge in [-0.05, 0) is 24.3 Å². The van der Waals surface area contributed by atoms with Gasteiger partial charge in [-0.3, -0.25) is 4.79 Å². The maximum Gasteiger partial charge on any atom is 0.267 e. The Hall–Kier alpha value is -2.47. The van der Waals surface area contributed by atoms with Crippen molar-refractivity contribution in [1.29, 1.82) is 0 Å². The van der Waals surface area contributed by atoms with Crippen LogP contribution in [0, 0.1) is 0 Å². The third kappa shape index (κ3) is 2.31. The van der Waals surface area contributed by atoms with Crippen molar-refractivity contribution in [2.75, 3.05) is 0 Å². The quantitative estimate of drug-likeness (QED) is 0.818. The number of hydrogen-bond donors (Lipinski definition) is 0. The lowest BCUT2D eigenvalue weighted by Crippen LogP contribution is -2.14. The molecule has 1 aromatic heterocycles. The van der Waals surface area contributed by atoms with E-state index in [9.17, 15) is 17.6 Å². The Bertz CT molecular complexity index is 935. The predicted octanol–water partition coefficient (Wildman–Crippen LogP) is 2.74. The Morgan fingerprint density at radius 3 is 2.73 bits per heavy atom. The average Bonchev–Trinajstić information content (AvgIpc) is 2.85. The molecule has 4 nitrogen and oxygen atoms in total. The Kier molecular flexibility index (Phi) is 3.54. The van der Waals surface area contributed by atoms with Crippen LogP contribution < -0.4 is 0 Å². The standard InChI is InChI=1S/C16H12FNO3S/c17-15-10-14(6-3-5-13(15)11-19)22(20,21)18-9-8-12-4-1-2-7-16(12)18/h1-11,15H. The van der Waals surface area contributed by atoms with Crippen LogP contribution in [0.4, 0.5) is 4.39 Å². The van der Waals surface area contributed by atoms with Gasteiger partial charge in [-0.25, -0.2) is 16.8 Å². The smallest absolute Gasteiger partial charge is 0.267 e. The summed E-state index contributed by atoms with van der Waals surface area (Å²) in [4.78, 5) is 10.6. The van der Waals surface area contributed by atoms with E-state index in [-0.39, 0.29) is 10.5 Å². The van der Waals surface area contributed by atoms with Crippen LogP contribution in [0.15, 0.2) is 71.3 Å². The molecule has 2 aromatic rings. The van der Waals surface area contributed by atoms with Gasteiger partial charge in [0.25, 0.3) is 10.0 Å². The van der Waals surface area contributed by atoms with Crippen molar-refractivity contribution in [2.45, 2.75) is 6.17 Å². The maximum atomic E-state index is 14.0. The molecule has 0 saturated carbocycles. The molecule has 0 N–H and O–H groups in total. The maximum absolute atomic E-state index is 14.0. The van der Waals surface area contributed by atoms with Crippen LogP contribution in [0.5, 0.6) is 0 Å². The number of aldehydes is 1. The molecule has 0 saturated heterocycles. The zero-order chi connectivity index (χ0) is 15.7. The van der Waals surface area contributed by atoms with Gasteiger partial charge in [0.1, 0.15) is 12.5 Å². The first-order valence-electron chi connectivity index (χ1n) is 6.55. The minimum Gasteiger partial charge on any atom is -0.298 e. The first kappa shape index (κ1) is 14.5. The van der Waals surface area contributed by atoms with Gasteiger partial charge in [0, 0.05) is 17.2 Å². The number of rotatable bonds is 3. The molecule has 1 aliphatic rings. The number of nitrogens with zero attached hydrogens (tertiary/aromatic N) is 1. The van der Waals surface area contributed by atoms with Gasteiger partial charge < -0.3 is 0 Å². The second-order valence-corrected chi connectivity index (χ2v) is 6.60.